The highest BCUT2D eigenvalue weighted by molar-refractivity contribution is 5.67. The van der Waals surface area contributed by atoms with Crippen molar-refractivity contribution in [1.29, 1.82) is 0 Å². The van der Waals surface area contributed by atoms with Crippen LogP contribution in [0.5, 0.6) is 0 Å². The van der Waals surface area contributed by atoms with Crippen molar-refractivity contribution >= 4 is 5.97 Å². The van der Waals surface area contributed by atoms with Crippen LogP contribution in [0.1, 0.15) is 5.69 Å². The first-order chi connectivity index (χ1) is 7.66. The molecule has 1 N–H and O–H groups in total. The molecule has 0 aliphatic carbocycles. The van der Waals surface area contributed by atoms with Crippen LogP contribution in [0.4, 0.5) is 0 Å². The van der Waals surface area contributed by atoms with Crippen LogP contribution in [0.2, 0.25) is 0 Å². The van der Waals surface area contributed by atoms with E-state index in [-0.39, 0.29) is 12.0 Å². The van der Waals surface area contributed by atoms with Gasteiger partial charge in [0.25, 0.3) is 5.56 Å². The number of carbonyl (C=O) groups is 1. The summed E-state index contributed by atoms with van der Waals surface area (Å²) in [5.74, 6) is -1.22. The second kappa shape index (κ2) is 4.06. The van der Waals surface area contributed by atoms with Crippen molar-refractivity contribution in [3.05, 3.63) is 52.4 Å². The average Bonchev–Trinajstić information content (AvgIpc) is 2.60. The van der Waals surface area contributed by atoms with E-state index in [2.05, 4.69) is 5.10 Å². The summed E-state index contributed by atoms with van der Waals surface area (Å²) in [5.41, 5.74) is 0.702. The summed E-state index contributed by atoms with van der Waals surface area (Å²) in [7, 11) is 0. The number of hydrogen-bond acceptors (Lipinski definition) is 3. The number of H-pyrrole nitrogens is 1. The molecule has 0 unspecified atom stereocenters. The number of carboxylic acid groups (broad SMARTS) is 1. The third-order valence-electron chi connectivity index (χ3n) is 2.12. The smallest absolute Gasteiger partial charge is 0.271 e. The average molecular weight is 217 g/mol. The van der Waals surface area contributed by atoms with Crippen molar-refractivity contribution in [3.8, 4) is 5.69 Å². The Morgan fingerprint density at radius 1 is 1.31 bits per heavy atom. The summed E-state index contributed by atoms with van der Waals surface area (Å²) in [6.07, 6.45) is -0.297. The summed E-state index contributed by atoms with van der Waals surface area (Å²) in [6.45, 7) is 0. The quantitative estimate of drug-likeness (QED) is 0.749. The van der Waals surface area contributed by atoms with E-state index in [0.29, 0.717) is 11.4 Å². The molecule has 5 heteroatoms. The van der Waals surface area contributed by atoms with Gasteiger partial charge in [0.15, 0.2) is 0 Å². The van der Waals surface area contributed by atoms with E-state index < -0.39 is 5.97 Å². The van der Waals surface area contributed by atoms with Crippen molar-refractivity contribution in [3.63, 3.8) is 0 Å². The molecule has 0 saturated carbocycles. The van der Waals surface area contributed by atoms with Gasteiger partial charge in [0.05, 0.1) is 5.69 Å². The Morgan fingerprint density at radius 3 is 2.62 bits per heavy atom. The number of nitrogens with zero attached hydrogens (tertiary/aromatic N) is 1. The third-order valence-corrected chi connectivity index (χ3v) is 2.12. The molecule has 82 valence electrons. The number of para-hydroxylation sites is 1. The molecule has 0 fully saturated rings. The Bertz CT molecular complexity index is 554. The van der Waals surface area contributed by atoms with Gasteiger partial charge >= 0.3 is 0 Å². The van der Waals surface area contributed by atoms with Crippen LogP contribution in [-0.4, -0.2) is 15.7 Å². The van der Waals surface area contributed by atoms with Crippen LogP contribution in [0, 0.1) is 0 Å². The Balaban J connectivity index is 2.40. The van der Waals surface area contributed by atoms with E-state index in [0.717, 1.165) is 0 Å². The second-order valence-electron chi connectivity index (χ2n) is 3.34. The lowest BCUT2D eigenvalue weighted by Crippen LogP contribution is -2.24. The monoisotopic (exact) mass is 217 g/mol. The zero-order valence-corrected chi connectivity index (χ0v) is 8.34. The van der Waals surface area contributed by atoms with Gasteiger partial charge in [-0.25, -0.2) is 4.68 Å². The maximum atomic E-state index is 11.5. The first-order valence-corrected chi connectivity index (χ1v) is 4.73. The standard InChI is InChI=1S/C11H10N2O3/c14-10-6-8(7-11(15)16)12-13(10)9-4-2-1-3-5-9/h1-6,12H,7H2,(H,15,16)/p-1. The topological polar surface area (TPSA) is 77.9 Å². The lowest BCUT2D eigenvalue weighted by Gasteiger charge is -2.01. The van der Waals surface area contributed by atoms with Crippen LogP contribution in [0.25, 0.3) is 5.69 Å². The number of aromatic amines is 1. The largest absolute Gasteiger partial charge is 0.550 e. The number of benzene rings is 1. The molecule has 1 aromatic carbocycles. The summed E-state index contributed by atoms with van der Waals surface area (Å²) < 4.78 is 1.29. The van der Waals surface area contributed by atoms with E-state index >= 15 is 0 Å². The Kier molecular flexibility index (Phi) is 2.59. The summed E-state index contributed by atoms with van der Waals surface area (Å²) in [5, 5.41) is 13.1. The number of aliphatic carboxylic acids is 1. The molecule has 16 heavy (non-hydrogen) atoms. The minimum absolute atomic E-state index is 0.289. The Morgan fingerprint density at radius 2 is 2.00 bits per heavy atom. The summed E-state index contributed by atoms with van der Waals surface area (Å²) >= 11 is 0. The van der Waals surface area contributed by atoms with Gasteiger partial charge in [-0.1, -0.05) is 18.2 Å². The van der Waals surface area contributed by atoms with Gasteiger partial charge in [-0.15, -0.1) is 0 Å². The van der Waals surface area contributed by atoms with Crippen LogP contribution in [0.3, 0.4) is 0 Å². The zero-order chi connectivity index (χ0) is 11.5. The molecule has 1 aromatic heterocycles. The fourth-order valence-corrected chi connectivity index (χ4v) is 1.46. The molecular weight excluding hydrogens is 208 g/mol. The molecular formula is C11H9N2O3-. The molecule has 0 atom stereocenters. The lowest BCUT2D eigenvalue weighted by atomic mass is 10.3. The van der Waals surface area contributed by atoms with E-state index in [1.165, 1.54) is 10.7 Å². The van der Waals surface area contributed by atoms with Crippen LogP contribution in [-0.2, 0) is 11.2 Å². The summed E-state index contributed by atoms with van der Waals surface area (Å²) in [4.78, 5) is 21.9. The minimum Gasteiger partial charge on any atom is -0.550 e. The Labute approximate surface area is 90.9 Å². The van der Waals surface area contributed by atoms with Crippen molar-refractivity contribution in [2.24, 2.45) is 0 Å². The van der Waals surface area contributed by atoms with Gasteiger partial charge in [0.2, 0.25) is 0 Å². The highest BCUT2D eigenvalue weighted by atomic mass is 16.4. The molecule has 5 nitrogen and oxygen atoms in total. The number of carboxylic acids is 1. The van der Waals surface area contributed by atoms with E-state index in [9.17, 15) is 14.7 Å². The van der Waals surface area contributed by atoms with Gasteiger partial charge in [-0.2, -0.15) is 0 Å². The Hall–Kier alpha value is -2.30. The SMILES string of the molecule is O=C([O-])Cc1cc(=O)n(-c2ccccc2)[nH]1. The van der Waals surface area contributed by atoms with E-state index in [4.69, 9.17) is 0 Å². The number of nitrogens with one attached hydrogen (secondary N) is 1. The predicted molar refractivity (Wildman–Crippen MR) is 55.1 cm³/mol. The fourth-order valence-electron chi connectivity index (χ4n) is 1.46. The predicted octanol–water partition coefficient (Wildman–Crippen LogP) is -0.542. The molecule has 0 saturated heterocycles. The van der Waals surface area contributed by atoms with Gasteiger partial charge in [0.1, 0.15) is 0 Å². The normalized spacial score (nSPS) is 10.2. The maximum absolute atomic E-state index is 11.5. The van der Waals surface area contributed by atoms with Gasteiger partial charge in [0, 0.05) is 24.2 Å². The third kappa shape index (κ3) is 2.03. The van der Waals surface area contributed by atoms with Gasteiger partial charge in [-0.3, -0.25) is 9.89 Å². The number of aromatic nitrogens is 2. The van der Waals surface area contributed by atoms with Crippen molar-refractivity contribution in [2.45, 2.75) is 6.42 Å². The second-order valence-corrected chi connectivity index (χ2v) is 3.34. The van der Waals surface area contributed by atoms with Gasteiger partial charge < -0.3 is 9.90 Å². The molecule has 0 bridgehead atoms. The number of carbonyl (C=O) groups excluding carboxylic acids is 1. The number of rotatable bonds is 3. The number of hydrogen-bond donors (Lipinski definition) is 1. The zero-order valence-electron chi connectivity index (χ0n) is 8.34. The van der Waals surface area contributed by atoms with E-state index in [1.54, 1.807) is 24.3 Å². The molecule has 0 radical (unpaired) electrons. The maximum Gasteiger partial charge on any atom is 0.271 e. The highest BCUT2D eigenvalue weighted by Crippen LogP contribution is 2.03. The van der Waals surface area contributed by atoms with Crippen molar-refractivity contribution in [1.82, 2.24) is 9.78 Å². The van der Waals surface area contributed by atoms with Crippen LogP contribution in [0.15, 0.2) is 41.2 Å². The molecule has 2 rings (SSSR count). The van der Waals surface area contributed by atoms with Crippen LogP contribution < -0.4 is 10.7 Å². The van der Waals surface area contributed by atoms with Crippen molar-refractivity contribution < 1.29 is 9.90 Å². The highest BCUT2D eigenvalue weighted by Gasteiger charge is 2.04. The molecule has 0 aliphatic heterocycles. The molecule has 0 spiro atoms. The first kappa shape index (κ1) is 10.2. The first-order valence-electron chi connectivity index (χ1n) is 4.73. The lowest BCUT2D eigenvalue weighted by molar-refractivity contribution is -0.304. The minimum atomic E-state index is -1.22. The molecule has 0 aliphatic rings. The molecule has 0 amide bonds. The van der Waals surface area contributed by atoms with Crippen LogP contribution >= 0.6 is 0 Å². The van der Waals surface area contributed by atoms with Gasteiger partial charge in [-0.05, 0) is 12.1 Å². The molecule has 2 aromatic rings. The van der Waals surface area contributed by atoms with E-state index in [1.807, 2.05) is 6.07 Å². The molecule has 1 heterocycles. The fraction of sp³-hybridized carbons (Fsp3) is 0.0909. The van der Waals surface area contributed by atoms with Crippen molar-refractivity contribution in [2.75, 3.05) is 0 Å². The summed E-state index contributed by atoms with van der Waals surface area (Å²) in [6, 6.07) is 10.2.